The van der Waals surface area contributed by atoms with Crippen LogP contribution in [0.5, 0.6) is 0 Å². The maximum Gasteiger partial charge on any atom is 0.337 e. The number of benzene rings is 1. The summed E-state index contributed by atoms with van der Waals surface area (Å²) in [5.74, 6) is -2.90. The van der Waals surface area contributed by atoms with Crippen LogP contribution < -0.4 is 5.32 Å². The number of halogens is 1. The van der Waals surface area contributed by atoms with Crippen molar-refractivity contribution in [1.29, 1.82) is 0 Å². The number of esters is 3. The van der Waals surface area contributed by atoms with Crippen molar-refractivity contribution in [2.24, 2.45) is 23.7 Å². The minimum atomic E-state index is -0.576. The molecule has 1 saturated heterocycles. The molecule has 1 aromatic carbocycles. The summed E-state index contributed by atoms with van der Waals surface area (Å²) < 4.78 is 15.2. The van der Waals surface area contributed by atoms with E-state index in [0.717, 1.165) is 6.42 Å². The predicted octanol–water partition coefficient (Wildman–Crippen LogP) is 1.53. The van der Waals surface area contributed by atoms with Gasteiger partial charge in [0.15, 0.2) is 6.61 Å². The van der Waals surface area contributed by atoms with Crippen LogP contribution in [0.25, 0.3) is 0 Å². The Balaban J connectivity index is 1.32. The van der Waals surface area contributed by atoms with Gasteiger partial charge in [0.25, 0.3) is 5.91 Å². The van der Waals surface area contributed by atoms with Gasteiger partial charge in [-0.25, -0.2) is 4.79 Å². The highest BCUT2D eigenvalue weighted by Crippen LogP contribution is 2.60. The predicted molar refractivity (Wildman–Crippen MR) is 98.5 cm³/mol. The van der Waals surface area contributed by atoms with Gasteiger partial charge in [-0.15, -0.1) is 0 Å². The van der Waals surface area contributed by atoms with Gasteiger partial charge in [-0.1, -0.05) is 15.9 Å². The van der Waals surface area contributed by atoms with Gasteiger partial charge in [0.2, 0.25) is 0 Å². The number of carbonyl (C=O) groups is 4. The van der Waals surface area contributed by atoms with Crippen molar-refractivity contribution in [1.82, 2.24) is 0 Å². The molecule has 1 amide bonds. The summed E-state index contributed by atoms with van der Waals surface area (Å²) in [6, 6.07) is 6.12. The van der Waals surface area contributed by atoms with E-state index < -0.39 is 36.3 Å². The second-order valence-electron chi connectivity index (χ2n) is 7.19. The van der Waals surface area contributed by atoms with Crippen molar-refractivity contribution in [3.63, 3.8) is 0 Å². The van der Waals surface area contributed by atoms with Crippen molar-refractivity contribution in [3.05, 3.63) is 29.8 Å². The first kappa shape index (κ1) is 18.9. The molecule has 3 fully saturated rings. The van der Waals surface area contributed by atoms with Crippen LogP contribution in [-0.2, 0) is 28.6 Å². The molecule has 2 saturated carbocycles. The number of alkyl halides is 1. The Bertz CT molecular complexity index is 839. The van der Waals surface area contributed by atoms with E-state index in [2.05, 4.69) is 26.0 Å². The zero-order chi connectivity index (χ0) is 20.0. The normalized spacial score (nSPS) is 32.0. The standard InChI is InChI=1S/C19H18BrNO7/c1-26-17(23)8-2-4-9(5-3-8)21-12(22)7-27-18(24)13-10-6-11-14(13)19(25)28-16(11)15(10)20/h2-5,10-11,13-16H,6-7H2,1H3,(H,21,22)/t10-,11-,13-,14-,15-,16+/m1/s1. The van der Waals surface area contributed by atoms with Gasteiger partial charge in [0, 0.05) is 11.6 Å². The Morgan fingerprint density at radius 3 is 2.61 bits per heavy atom. The molecular weight excluding hydrogens is 434 g/mol. The fourth-order valence-electron chi connectivity index (χ4n) is 4.53. The van der Waals surface area contributed by atoms with Crippen LogP contribution in [0.4, 0.5) is 5.69 Å². The van der Waals surface area contributed by atoms with Crippen LogP contribution >= 0.6 is 15.9 Å². The largest absolute Gasteiger partial charge is 0.465 e. The maximum absolute atomic E-state index is 12.5. The number of nitrogens with one attached hydrogen (secondary N) is 1. The summed E-state index contributed by atoms with van der Waals surface area (Å²) in [7, 11) is 1.28. The third-order valence-electron chi connectivity index (χ3n) is 5.73. The van der Waals surface area contributed by atoms with E-state index in [0.29, 0.717) is 11.3 Å². The molecule has 0 aromatic heterocycles. The van der Waals surface area contributed by atoms with Crippen molar-refractivity contribution >= 4 is 45.4 Å². The molecule has 9 heteroatoms. The zero-order valence-electron chi connectivity index (χ0n) is 14.9. The van der Waals surface area contributed by atoms with Gasteiger partial charge >= 0.3 is 17.9 Å². The second kappa shape index (κ2) is 7.20. The van der Waals surface area contributed by atoms with Gasteiger partial charge in [0.05, 0.1) is 29.3 Å². The smallest absolute Gasteiger partial charge is 0.337 e. The molecule has 1 heterocycles. The zero-order valence-corrected chi connectivity index (χ0v) is 16.5. The molecule has 4 rings (SSSR count). The first-order chi connectivity index (χ1) is 13.4. The third kappa shape index (κ3) is 3.07. The Morgan fingerprint density at radius 1 is 1.21 bits per heavy atom. The van der Waals surface area contributed by atoms with Crippen LogP contribution in [-0.4, -0.2) is 48.5 Å². The van der Waals surface area contributed by atoms with Crippen molar-refractivity contribution in [2.75, 3.05) is 19.0 Å². The van der Waals surface area contributed by atoms with Gasteiger partial charge in [-0.2, -0.15) is 0 Å². The molecule has 3 aliphatic rings. The molecule has 0 unspecified atom stereocenters. The summed E-state index contributed by atoms with van der Waals surface area (Å²) in [5.41, 5.74) is 0.811. The summed E-state index contributed by atoms with van der Waals surface area (Å²) in [4.78, 5) is 48.0. The van der Waals surface area contributed by atoms with Gasteiger partial charge in [-0.05, 0) is 36.6 Å². The van der Waals surface area contributed by atoms with E-state index in [1.807, 2.05) is 0 Å². The second-order valence-corrected chi connectivity index (χ2v) is 8.24. The van der Waals surface area contributed by atoms with E-state index in [9.17, 15) is 19.2 Å². The first-order valence-corrected chi connectivity index (χ1v) is 9.81. The lowest BCUT2D eigenvalue weighted by Crippen LogP contribution is -2.39. The van der Waals surface area contributed by atoms with Crippen LogP contribution in [0.2, 0.25) is 0 Å². The van der Waals surface area contributed by atoms with E-state index in [1.54, 1.807) is 12.1 Å². The molecule has 1 N–H and O–H groups in total. The minimum absolute atomic E-state index is 0.0205. The van der Waals surface area contributed by atoms with Crippen molar-refractivity contribution in [3.8, 4) is 0 Å². The lowest BCUT2D eigenvalue weighted by molar-refractivity contribution is -0.157. The molecule has 1 aliphatic heterocycles. The number of methoxy groups -OCH3 is 1. The monoisotopic (exact) mass is 451 g/mol. The number of rotatable bonds is 5. The molecule has 8 nitrogen and oxygen atoms in total. The lowest BCUT2D eigenvalue weighted by atomic mass is 9.80. The average molecular weight is 452 g/mol. The highest BCUT2D eigenvalue weighted by atomic mass is 79.9. The average Bonchev–Trinajstić information content (AvgIpc) is 3.30. The number of hydrogen-bond donors (Lipinski definition) is 1. The summed E-state index contributed by atoms with van der Waals surface area (Å²) in [6.45, 7) is -0.455. The van der Waals surface area contributed by atoms with E-state index in [4.69, 9.17) is 9.47 Å². The Kier molecular flexibility index (Phi) is 4.86. The fourth-order valence-corrected chi connectivity index (χ4v) is 5.58. The highest BCUT2D eigenvalue weighted by molar-refractivity contribution is 9.09. The number of ether oxygens (including phenoxy) is 3. The van der Waals surface area contributed by atoms with Crippen LogP contribution in [0.15, 0.2) is 24.3 Å². The molecule has 148 valence electrons. The topological polar surface area (TPSA) is 108 Å². The fraction of sp³-hybridized carbons (Fsp3) is 0.474. The van der Waals surface area contributed by atoms with E-state index in [1.165, 1.54) is 19.2 Å². The molecule has 28 heavy (non-hydrogen) atoms. The van der Waals surface area contributed by atoms with Gasteiger partial charge < -0.3 is 19.5 Å². The molecule has 6 atom stereocenters. The minimum Gasteiger partial charge on any atom is -0.465 e. The first-order valence-electron chi connectivity index (χ1n) is 8.90. The Labute approximate surface area is 169 Å². The molecule has 0 spiro atoms. The lowest BCUT2D eigenvalue weighted by Gasteiger charge is -2.26. The van der Waals surface area contributed by atoms with E-state index >= 15 is 0 Å². The number of amides is 1. The van der Waals surface area contributed by atoms with Gasteiger partial charge in [0.1, 0.15) is 6.10 Å². The number of anilines is 1. The van der Waals surface area contributed by atoms with Crippen molar-refractivity contribution < 1.29 is 33.4 Å². The van der Waals surface area contributed by atoms with Gasteiger partial charge in [-0.3, -0.25) is 14.4 Å². The molecule has 2 bridgehead atoms. The van der Waals surface area contributed by atoms with Crippen molar-refractivity contribution in [2.45, 2.75) is 17.4 Å². The number of fused-ring (bicyclic) bond motifs is 1. The summed E-state index contributed by atoms with van der Waals surface area (Å²) in [6.07, 6.45) is 0.581. The van der Waals surface area contributed by atoms with E-state index in [-0.39, 0.29) is 28.7 Å². The summed E-state index contributed by atoms with van der Waals surface area (Å²) in [5, 5.41) is 2.59. The Morgan fingerprint density at radius 2 is 1.93 bits per heavy atom. The Hall–Kier alpha value is -2.42. The number of carbonyl (C=O) groups excluding carboxylic acids is 4. The highest BCUT2D eigenvalue weighted by Gasteiger charge is 2.68. The molecule has 2 aliphatic carbocycles. The summed E-state index contributed by atoms with van der Waals surface area (Å²) >= 11 is 3.53. The molecular formula is C19H18BrNO7. The van der Waals surface area contributed by atoms with Crippen LogP contribution in [0, 0.1) is 23.7 Å². The quantitative estimate of drug-likeness (QED) is 0.410. The van der Waals surface area contributed by atoms with Crippen LogP contribution in [0.3, 0.4) is 0 Å². The molecule has 1 aromatic rings. The molecule has 0 radical (unpaired) electrons. The maximum atomic E-state index is 12.5. The third-order valence-corrected chi connectivity index (χ3v) is 6.93. The van der Waals surface area contributed by atoms with Crippen LogP contribution in [0.1, 0.15) is 16.8 Å². The number of hydrogen-bond acceptors (Lipinski definition) is 7. The SMILES string of the molecule is COC(=O)c1ccc(NC(=O)COC(=O)[C@@H]2[C@H]3C[C@H]4[C@H](OC(=O)[C@H]42)[C@@H]3Br)cc1.